The highest BCUT2D eigenvalue weighted by atomic mass is 19.4. The molecule has 4 heterocycles. The van der Waals surface area contributed by atoms with Gasteiger partial charge in [0.1, 0.15) is 17.2 Å². The van der Waals surface area contributed by atoms with Crippen LogP contribution in [0.5, 0.6) is 17.2 Å². The molecule has 0 saturated carbocycles. The highest BCUT2D eigenvalue weighted by molar-refractivity contribution is 5.37. The minimum absolute atomic E-state index is 0.128. The molecule has 0 saturated heterocycles. The molecule has 7 rings (SSSR count). The summed E-state index contributed by atoms with van der Waals surface area (Å²) >= 11 is 0. The molecule has 0 radical (unpaired) electrons. The zero-order chi connectivity index (χ0) is 38.9. The van der Waals surface area contributed by atoms with Crippen molar-refractivity contribution in [2.24, 2.45) is 30.7 Å². The lowest BCUT2D eigenvalue weighted by Crippen LogP contribution is -2.56. The Labute approximate surface area is 292 Å². The number of halogens is 9. The second kappa shape index (κ2) is 12.1. The van der Waals surface area contributed by atoms with Crippen LogP contribution in [-0.2, 0) is 37.2 Å². The van der Waals surface area contributed by atoms with Crippen LogP contribution in [0.1, 0.15) is 16.7 Å². The first kappa shape index (κ1) is 36.0. The molecule has 3 aliphatic heterocycles. The van der Waals surface area contributed by atoms with Crippen molar-refractivity contribution in [3.05, 3.63) is 121 Å². The Balaban J connectivity index is 1.13. The van der Waals surface area contributed by atoms with Gasteiger partial charge < -0.3 is 14.2 Å². The van der Waals surface area contributed by atoms with Crippen LogP contribution in [-0.4, -0.2) is 32.2 Å². The predicted molar refractivity (Wildman–Crippen MR) is 158 cm³/mol. The van der Waals surface area contributed by atoms with Crippen molar-refractivity contribution in [3.8, 4) is 17.2 Å². The number of alkyl halides is 9. The summed E-state index contributed by atoms with van der Waals surface area (Å²) in [7, 11) is 0. The third kappa shape index (κ3) is 6.05. The van der Waals surface area contributed by atoms with Gasteiger partial charge in [-0.25, -0.2) is 28.1 Å². The van der Waals surface area contributed by atoms with Gasteiger partial charge in [0.2, 0.25) is 0 Å². The van der Waals surface area contributed by atoms with Gasteiger partial charge >= 0.3 is 52.6 Å². The molecule has 0 aliphatic carbocycles. The molecule has 54 heavy (non-hydrogen) atoms. The van der Waals surface area contributed by atoms with E-state index in [2.05, 4.69) is 30.7 Å². The van der Waals surface area contributed by atoms with Gasteiger partial charge in [-0.2, -0.15) is 39.5 Å². The van der Waals surface area contributed by atoms with E-state index in [-0.39, 0.29) is 33.9 Å². The van der Waals surface area contributed by atoms with Crippen LogP contribution >= 0.6 is 0 Å². The van der Waals surface area contributed by atoms with Crippen LogP contribution in [0.3, 0.4) is 0 Å². The predicted octanol–water partition coefficient (Wildman–Crippen LogP) is 5.82. The fourth-order valence-electron chi connectivity index (χ4n) is 5.11. The molecule has 282 valence electrons. The van der Waals surface area contributed by atoms with E-state index in [1.54, 1.807) is 0 Å². The van der Waals surface area contributed by atoms with Crippen molar-refractivity contribution >= 4 is 0 Å². The van der Waals surface area contributed by atoms with Gasteiger partial charge in [-0.05, 0) is 36.4 Å². The summed E-state index contributed by atoms with van der Waals surface area (Å²) in [6.45, 7) is -2.75. The summed E-state index contributed by atoms with van der Waals surface area (Å²) in [5.74, 6) is -0.385. The SMILES string of the molecule is O=c1n(COc2ccc(C3(C(F)(F)F)N=N3)cc2)c(=O)n(COc2ccc(C3(C(F)(F)F)N=N3)cc2)c(=O)n1COc1ccc(C2(C(F)(F)F)N=N2)cc1. The number of aromatic nitrogens is 3. The zero-order valence-corrected chi connectivity index (χ0v) is 26.4. The van der Waals surface area contributed by atoms with Crippen LogP contribution in [0, 0.1) is 0 Å². The van der Waals surface area contributed by atoms with Gasteiger partial charge in [0, 0.05) is 16.7 Å². The highest BCUT2D eigenvalue weighted by Gasteiger charge is 2.66. The van der Waals surface area contributed by atoms with E-state index < -0.39 is 72.8 Å². The highest BCUT2D eigenvalue weighted by Crippen LogP contribution is 2.54. The molecule has 0 spiro atoms. The molecule has 0 N–H and O–H groups in total. The summed E-state index contributed by atoms with van der Waals surface area (Å²) < 4.78 is 138. The third-order valence-corrected chi connectivity index (χ3v) is 8.32. The minimum Gasteiger partial charge on any atom is -0.472 e. The molecular weight excluding hydrogens is 753 g/mol. The van der Waals surface area contributed by atoms with E-state index in [0.717, 1.165) is 72.8 Å². The quantitative estimate of drug-likeness (QED) is 0.165. The van der Waals surface area contributed by atoms with Gasteiger partial charge in [-0.15, -0.1) is 30.7 Å². The Kier molecular flexibility index (Phi) is 8.06. The summed E-state index contributed by atoms with van der Waals surface area (Å²) in [6.07, 6.45) is -14.4. The minimum atomic E-state index is -4.81. The molecule has 3 aromatic carbocycles. The average molecular weight is 772 g/mol. The number of ether oxygens (including phenoxy) is 3. The van der Waals surface area contributed by atoms with Crippen LogP contribution in [0.15, 0.2) is 118 Å². The molecule has 1 aromatic heterocycles. The maximum Gasteiger partial charge on any atom is 0.442 e. The number of hydrogen-bond donors (Lipinski definition) is 0. The first-order valence-electron chi connectivity index (χ1n) is 15.0. The van der Waals surface area contributed by atoms with Gasteiger partial charge in [-0.1, -0.05) is 36.4 Å². The summed E-state index contributed by atoms with van der Waals surface area (Å²) in [5.41, 5.74) is -13.1. The lowest BCUT2D eigenvalue weighted by Gasteiger charge is -2.17. The van der Waals surface area contributed by atoms with Gasteiger partial charge in [-0.3, -0.25) is 0 Å². The molecule has 4 aromatic rings. The largest absolute Gasteiger partial charge is 0.472 e. The molecule has 3 aliphatic rings. The zero-order valence-electron chi connectivity index (χ0n) is 26.4. The molecule has 24 heteroatoms. The number of rotatable bonds is 12. The summed E-state index contributed by atoms with van der Waals surface area (Å²) in [4.78, 5) is 40.2. The van der Waals surface area contributed by atoms with Crippen LogP contribution < -0.4 is 31.3 Å². The first-order valence-corrected chi connectivity index (χ1v) is 15.0. The molecule has 0 unspecified atom stereocenters. The van der Waals surface area contributed by atoms with Crippen molar-refractivity contribution in [2.75, 3.05) is 0 Å². The first-order chi connectivity index (χ1) is 25.3. The van der Waals surface area contributed by atoms with E-state index >= 15 is 0 Å². The maximum absolute atomic E-state index is 13.4. The average Bonchev–Trinajstić information content (AvgIpc) is 3.96. The maximum atomic E-state index is 13.4. The van der Waals surface area contributed by atoms with Crippen molar-refractivity contribution in [3.63, 3.8) is 0 Å². The Morgan fingerprint density at radius 3 is 0.778 bits per heavy atom. The molecule has 15 nitrogen and oxygen atoms in total. The smallest absolute Gasteiger partial charge is 0.442 e. The molecule has 0 atom stereocenters. The lowest BCUT2D eigenvalue weighted by molar-refractivity contribution is -0.166. The Hall–Kier alpha value is -6.36. The van der Waals surface area contributed by atoms with E-state index in [4.69, 9.17) is 14.2 Å². The number of hydrogen-bond acceptors (Lipinski definition) is 12. The Morgan fingerprint density at radius 1 is 0.407 bits per heavy atom. The van der Waals surface area contributed by atoms with E-state index in [1.165, 1.54) is 0 Å². The number of nitrogens with zero attached hydrogens (tertiary/aromatic N) is 9. The summed E-state index contributed by atoms with van der Waals surface area (Å²) in [5, 5.41) is 18.5. The van der Waals surface area contributed by atoms with Crippen LogP contribution in [0.2, 0.25) is 0 Å². The second-order valence-corrected chi connectivity index (χ2v) is 11.6. The van der Waals surface area contributed by atoms with Gasteiger partial charge in [0.15, 0.2) is 20.2 Å². The Bertz CT molecular complexity index is 2070. The summed E-state index contributed by atoms with van der Waals surface area (Å²) in [6, 6.07) is 12.6. The lowest BCUT2D eigenvalue weighted by atomic mass is 10.0. The van der Waals surface area contributed by atoms with Crippen LogP contribution in [0.25, 0.3) is 0 Å². The standard InChI is InChI=1S/C30H18F9N9O6/c31-28(32,33)25(40-41-25)16-1-7-19(8-2-16)52-13-46-22(49)47(14-53-20-9-3-17(4-10-20)26(42-43-26)29(34,35)36)24(51)48(23(46)50)15-54-21-11-5-18(6-12-21)27(44-45-27)30(37,38)39/h1-12H,13-15H2. The van der Waals surface area contributed by atoms with E-state index in [9.17, 15) is 53.9 Å². The second-order valence-electron chi connectivity index (χ2n) is 11.6. The van der Waals surface area contributed by atoms with Gasteiger partial charge in [0.05, 0.1) is 0 Å². The molecular formula is C30H18F9N9O6. The van der Waals surface area contributed by atoms with Crippen molar-refractivity contribution < 1.29 is 53.7 Å². The molecule has 0 fully saturated rings. The van der Waals surface area contributed by atoms with E-state index in [0.29, 0.717) is 13.7 Å². The van der Waals surface area contributed by atoms with Crippen molar-refractivity contribution in [1.82, 2.24) is 13.7 Å². The van der Waals surface area contributed by atoms with Crippen LogP contribution in [0.4, 0.5) is 39.5 Å². The fraction of sp³-hybridized carbons (Fsp3) is 0.300. The normalized spacial score (nSPS) is 17.3. The Morgan fingerprint density at radius 2 is 0.611 bits per heavy atom. The topological polar surface area (TPSA) is 168 Å². The van der Waals surface area contributed by atoms with Crippen molar-refractivity contribution in [2.45, 2.75) is 55.7 Å². The number of benzene rings is 3. The monoisotopic (exact) mass is 771 g/mol. The molecule has 0 bridgehead atoms. The van der Waals surface area contributed by atoms with E-state index in [1.807, 2.05) is 0 Å². The van der Waals surface area contributed by atoms with Crippen molar-refractivity contribution in [1.29, 1.82) is 0 Å². The van der Waals surface area contributed by atoms with Gasteiger partial charge in [0.25, 0.3) is 0 Å². The molecule has 0 amide bonds. The third-order valence-electron chi connectivity index (χ3n) is 8.32. The fourth-order valence-corrected chi connectivity index (χ4v) is 5.11.